The van der Waals surface area contributed by atoms with E-state index in [0.717, 1.165) is 14.5 Å². The van der Waals surface area contributed by atoms with Crippen LogP contribution in [0.15, 0.2) is 23.8 Å². The normalized spacial score (nSPS) is 18.9. The zero-order valence-electron chi connectivity index (χ0n) is 9.70. The van der Waals surface area contributed by atoms with Crippen LogP contribution in [0.25, 0.3) is 6.08 Å². The quantitative estimate of drug-likeness (QED) is 0.758. The summed E-state index contributed by atoms with van der Waals surface area (Å²) in [7, 11) is 1.25. The van der Waals surface area contributed by atoms with Gasteiger partial charge in [0.2, 0.25) is 0 Å². The van der Waals surface area contributed by atoms with E-state index in [2.05, 4.69) is 0 Å². The topological polar surface area (TPSA) is 40.5 Å². The molecule has 1 heterocycles. The molecule has 0 saturated heterocycles. The maximum absolute atomic E-state index is 13.0. The SMILES string of the molecule is CN1c2ccc(I)cc2C=C(C(=O)O)C1C(F)(F)F. The van der Waals surface area contributed by atoms with Crippen LogP contribution in [0.1, 0.15) is 5.56 Å². The van der Waals surface area contributed by atoms with Gasteiger partial charge in [0.1, 0.15) is 0 Å². The number of anilines is 1. The Balaban J connectivity index is 2.64. The summed E-state index contributed by atoms with van der Waals surface area (Å²) in [6.07, 6.45) is -3.54. The lowest BCUT2D eigenvalue weighted by molar-refractivity contribution is -0.150. The number of fused-ring (bicyclic) bond motifs is 1. The van der Waals surface area contributed by atoms with Gasteiger partial charge >= 0.3 is 12.1 Å². The van der Waals surface area contributed by atoms with E-state index in [1.807, 2.05) is 22.6 Å². The van der Waals surface area contributed by atoms with E-state index in [4.69, 9.17) is 5.11 Å². The van der Waals surface area contributed by atoms with Crippen molar-refractivity contribution in [1.82, 2.24) is 0 Å². The van der Waals surface area contributed by atoms with Crippen molar-refractivity contribution in [1.29, 1.82) is 0 Å². The fraction of sp³-hybridized carbons (Fsp3) is 0.250. The lowest BCUT2D eigenvalue weighted by Crippen LogP contribution is -2.48. The van der Waals surface area contributed by atoms with Gasteiger partial charge in [-0.3, -0.25) is 0 Å². The third-order valence-corrected chi connectivity index (χ3v) is 3.59. The number of likely N-dealkylation sites (N-methyl/N-ethyl adjacent to an activating group) is 1. The average molecular weight is 383 g/mol. The molecule has 0 aromatic heterocycles. The van der Waals surface area contributed by atoms with E-state index in [0.29, 0.717) is 11.3 Å². The third-order valence-electron chi connectivity index (χ3n) is 2.92. The Kier molecular flexibility index (Phi) is 3.50. The molecular formula is C12H9F3INO2. The van der Waals surface area contributed by atoms with Gasteiger partial charge in [-0.2, -0.15) is 13.2 Å². The molecule has 0 aliphatic carbocycles. The summed E-state index contributed by atoms with van der Waals surface area (Å²) in [6, 6.07) is 2.77. The van der Waals surface area contributed by atoms with Crippen molar-refractivity contribution in [3.05, 3.63) is 32.9 Å². The minimum Gasteiger partial charge on any atom is -0.478 e. The number of carbonyl (C=O) groups is 1. The molecule has 7 heteroatoms. The Labute approximate surface area is 120 Å². The molecule has 1 unspecified atom stereocenters. The number of hydrogen-bond acceptors (Lipinski definition) is 2. The van der Waals surface area contributed by atoms with Crippen LogP contribution in [0.5, 0.6) is 0 Å². The first-order valence-corrected chi connectivity index (χ1v) is 6.33. The molecule has 2 rings (SSSR count). The Morgan fingerprint density at radius 3 is 2.58 bits per heavy atom. The van der Waals surface area contributed by atoms with Crippen molar-refractivity contribution in [2.45, 2.75) is 12.2 Å². The summed E-state index contributed by atoms with van der Waals surface area (Å²) in [5.74, 6) is -1.56. The highest BCUT2D eigenvalue weighted by molar-refractivity contribution is 14.1. The molecule has 1 atom stereocenters. The third kappa shape index (κ3) is 2.56. The van der Waals surface area contributed by atoms with Crippen LogP contribution in [-0.4, -0.2) is 30.3 Å². The summed E-state index contributed by atoms with van der Waals surface area (Å²) in [5, 5.41) is 8.99. The van der Waals surface area contributed by atoms with Gasteiger partial charge in [0.15, 0.2) is 6.04 Å². The minimum absolute atomic E-state index is 0.368. The molecule has 0 fully saturated rings. The van der Waals surface area contributed by atoms with Crippen molar-refractivity contribution >= 4 is 40.3 Å². The summed E-state index contributed by atoms with van der Waals surface area (Å²) >= 11 is 2.02. The van der Waals surface area contributed by atoms with Crippen LogP contribution in [0.3, 0.4) is 0 Å². The van der Waals surface area contributed by atoms with E-state index < -0.39 is 23.8 Å². The molecular weight excluding hydrogens is 374 g/mol. The van der Waals surface area contributed by atoms with Gasteiger partial charge in [-0.25, -0.2) is 4.79 Å². The molecule has 0 amide bonds. The first-order valence-electron chi connectivity index (χ1n) is 5.26. The predicted octanol–water partition coefficient (Wildman–Crippen LogP) is 3.14. The molecule has 1 aromatic carbocycles. The van der Waals surface area contributed by atoms with E-state index in [1.54, 1.807) is 18.2 Å². The minimum atomic E-state index is -4.64. The zero-order chi connectivity index (χ0) is 14.4. The molecule has 3 nitrogen and oxygen atoms in total. The van der Waals surface area contributed by atoms with Gasteiger partial charge in [-0.1, -0.05) is 0 Å². The maximum Gasteiger partial charge on any atom is 0.413 e. The molecule has 102 valence electrons. The average Bonchev–Trinajstić information content (AvgIpc) is 2.25. The highest BCUT2D eigenvalue weighted by atomic mass is 127. The number of rotatable bonds is 1. The van der Waals surface area contributed by atoms with Crippen LogP contribution in [-0.2, 0) is 4.79 Å². The molecule has 1 aromatic rings. The van der Waals surface area contributed by atoms with Crippen LogP contribution in [0.2, 0.25) is 0 Å². The second-order valence-corrected chi connectivity index (χ2v) is 5.41. The van der Waals surface area contributed by atoms with Crippen LogP contribution < -0.4 is 4.90 Å². The van der Waals surface area contributed by atoms with Gasteiger partial charge in [0.05, 0.1) is 5.57 Å². The van der Waals surface area contributed by atoms with Gasteiger partial charge in [0.25, 0.3) is 0 Å². The second-order valence-electron chi connectivity index (χ2n) is 4.16. The van der Waals surface area contributed by atoms with E-state index >= 15 is 0 Å². The second kappa shape index (κ2) is 4.69. The van der Waals surface area contributed by atoms with Crippen LogP contribution in [0.4, 0.5) is 18.9 Å². The highest BCUT2D eigenvalue weighted by Crippen LogP contribution is 2.39. The molecule has 0 bridgehead atoms. The number of carboxylic acids is 1. The fourth-order valence-electron chi connectivity index (χ4n) is 2.13. The molecule has 1 N–H and O–H groups in total. The van der Waals surface area contributed by atoms with E-state index in [9.17, 15) is 18.0 Å². The van der Waals surface area contributed by atoms with Gasteiger partial charge < -0.3 is 10.0 Å². The molecule has 0 saturated carbocycles. The maximum atomic E-state index is 13.0. The van der Waals surface area contributed by atoms with Gasteiger partial charge in [0, 0.05) is 16.3 Å². The Morgan fingerprint density at radius 2 is 2.05 bits per heavy atom. The number of hydrogen-bond donors (Lipinski definition) is 1. The Morgan fingerprint density at radius 1 is 1.42 bits per heavy atom. The van der Waals surface area contributed by atoms with Gasteiger partial charge in [-0.05, 0) is 52.4 Å². The summed E-state index contributed by atoms with van der Waals surface area (Å²) in [5.41, 5.74) is 0.185. The van der Waals surface area contributed by atoms with E-state index in [-0.39, 0.29) is 0 Å². The van der Waals surface area contributed by atoms with Crippen LogP contribution in [0, 0.1) is 3.57 Å². The van der Waals surface area contributed by atoms with Crippen molar-refractivity contribution in [3.8, 4) is 0 Å². The smallest absolute Gasteiger partial charge is 0.413 e. The molecule has 1 aliphatic heterocycles. The number of alkyl halides is 3. The summed E-state index contributed by atoms with van der Waals surface area (Å²) < 4.78 is 39.9. The highest BCUT2D eigenvalue weighted by Gasteiger charge is 2.49. The molecule has 1 aliphatic rings. The van der Waals surface area contributed by atoms with Crippen molar-refractivity contribution in [2.75, 3.05) is 11.9 Å². The summed E-state index contributed by atoms with van der Waals surface area (Å²) in [6.45, 7) is 0. The van der Waals surface area contributed by atoms with Crippen molar-refractivity contribution in [2.24, 2.45) is 0 Å². The first kappa shape index (κ1) is 14.2. The number of nitrogens with zero attached hydrogens (tertiary/aromatic N) is 1. The standard InChI is InChI=1S/C12H9F3INO2/c1-17-9-3-2-7(16)4-6(9)5-8(11(18)19)10(17)12(13,14)15/h2-5,10H,1H3,(H,18,19). The Bertz CT molecular complexity index is 569. The number of benzene rings is 1. The summed E-state index contributed by atoms with van der Waals surface area (Å²) in [4.78, 5) is 12.0. The monoisotopic (exact) mass is 383 g/mol. The first-order chi connectivity index (χ1) is 8.71. The molecule has 0 spiro atoms. The van der Waals surface area contributed by atoms with Crippen molar-refractivity contribution in [3.63, 3.8) is 0 Å². The van der Waals surface area contributed by atoms with Crippen LogP contribution >= 0.6 is 22.6 Å². The number of carboxylic acid groups (broad SMARTS) is 1. The number of aliphatic carboxylic acids is 1. The largest absolute Gasteiger partial charge is 0.478 e. The lowest BCUT2D eigenvalue weighted by atomic mass is 9.95. The van der Waals surface area contributed by atoms with Gasteiger partial charge in [-0.15, -0.1) is 0 Å². The van der Waals surface area contributed by atoms with E-state index in [1.165, 1.54) is 7.05 Å². The zero-order valence-corrected chi connectivity index (χ0v) is 11.9. The van der Waals surface area contributed by atoms with Crippen molar-refractivity contribution < 1.29 is 23.1 Å². The lowest BCUT2D eigenvalue weighted by Gasteiger charge is -2.36. The number of halogens is 4. The molecule has 0 radical (unpaired) electrons. The Hall–Kier alpha value is -1.25. The fourth-order valence-corrected chi connectivity index (χ4v) is 2.65. The predicted molar refractivity (Wildman–Crippen MR) is 73.0 cm³/mol. The molecule has 19 heavy (non-hydrogen) atoms.